The maximum Gasteiger partial charge on any atom is 0.235 e. The first-order chi connectivity index (χ1) is 8.13. The van der Waals surface area contributed by atoms with E-state index in [0.717, 1.165) is 5.69 Å². The lowest BCUT2D eigenvalue weighted by atomic mass is 10.1. The first-order valence-corrected chi connectivity index (χ1v) is 5.30. The Hall–Kier alpha value is -2.09. The normalized spacial score (nSPS) is 19.2. The molecule has 1 amide bonds. The highest BCUT2D eigenvalue weighted by molar-refractivity contribution is 5.94. The van der Waals surface area contributed by atoms with Crippen molar-refractivity contribution in [3.63, 3.8) is 0 Å². The summed E-state index contributed by atoms with van der Waals surface area (Å²) in [5.74, 6) is 3.30. The van der Waals surface area contributed by atoms with E-state index in [2.05, 4.69) is 15.9 Å². The molecule has 0 spiro atoms. The Labute approximate surface area is 99.8 Å². The molecular formula is C12H13N3O2. The highest BCUT2D eigenvalue weighted by Gasteiger charge is 2.31. The highest BCUT2D eigenvalue weighted by Crippen LogP contribution is 2.23. The monoisotopic (exact) mass is 231 g/mol. The number of aromatic nitrogens is 2. The van der Waals surface area contributed by atoms with E-state index in [-0.39, 0.29) is 11.8 Å². The number of amides is 1. The Bertz CT molecular complexity index is 493. The van der Waals surface area contributed by atoms with Crippen LogP contribution in [0.2, 0.25) is 0 Å². The van der Waals surface area contributed by atoms with Crippen LogP contribution in [-0.4, -0.2) is 29.5 Å². The lowest BCUT2D eigenvalue weighted by molar-refractivity contribution is -0.117. The molecule has 1 aliphatic heterocycles. The SMILES string of the molecule is C#CC1CC(=O)N(c2nc(C)cc(OC)n2)C1. The van der Waals surface area contributed by atoms with E-state index in [4.69, 9.17) is 11.2 Å². The van der Waals surface area contributed by atoms with Crippen LogP contribution in [-0.2, 0) is 4.79 Å². The van der Waals surface area contributed by atoms with E-state index < -0.39 is 0 Å². The van der Waals surface area contributed by atoms with E-state index in [1.165, 1.54) is 12.0 Å². The van der Waals surface area contributed by atoms with Gasteiger partial charge in [-0.2, -0.15) is 4.98 Å². The third-order valence-corrected chi connectivity index (χ3v) is 2.63. The molecule has 5 heteroatoms. The van der Waals surface area contributed by atoms with Crippen LogP contribution >= 0.6 is 0 Å². The lowest BCUT2D eigenvalue weighted by Gasteiger charge is -2.14. The average molecular weight is 231 g/mol. The number of anilines is 1. The zero-order valence-corrected chi connectivity index (χ0v) is 9.80. The maximum absolute atomic E-state index is 11.8. The van der Waals surface area contributed by atoms with E-state index in [1.807, 2.05) is 6.92 Å². The van der Waals surface area contributed by atoms with Crippen LogP contribution in [0, 0.1) is 25.2 Å². The number of terminal acetylenes is 1. The first-order valence-electron chi connectivity index (χ1n) is 5.30. The Kier molecular flexibility index (Phi) is 2.96. The number of methoxy groups -OCH3 is 1. The molecule has 1 saturated heterocycles. The van der Waals surface area contributed by atoms with Gasteiger partial charge in [0.05, 0.1) is 7.11 Å². The molecule has 1 aliphatic rings. The van der Waals surface area contributed by atoms with Crippen molar-refractivity contribution in [2.24, 2.45) is 5.92 Å². The summed E-state index contributed by atoms with van der Waals surface area (Å²) in [5, 5.41) is 0. The van der Waals surface area contributed by atoms with Crippen molar-refractivity contribution >= 4 is 11.9 Å². The molecule has 0 radical (unpaired) electrons. The Morgan fingerprint density at radius 1 is 1.59 bits per heavy atom. The van der Waals surface area contributed by atoms with Crippen LogP contribution in [0.4, 0.5) is 5.95 Å². The molecule has 0 aromatic carbocycles. The van der Waals surface area contributed by atoms with Crippen molar-refractivity contribution in [1.29, 1.82) is 0 Å². The second kappa shape index (κ2) is 4.42. The average Bonchev–Trinajstić information content (AvgIpc) is 2.69. The summed E-state index contributed by atoms with van der Waals surface area (Å²) in [6.07, 6.45) is 5.69. The molecular weight excluding hydrogens is 218 g/mol. The van der Waals surface area contributed by atoms with Gasteiger partial charge in [-0.15, -0.1) is 12.3 Å². The molecule has 0 N–H and O–H groups in total. The highest BCUT2D eigenvalue weighted by atomic mass is 16.5. The van der Waals surface area contributed by atoms with Crippen molar-refractivity contribution < 1.29 is 9.53 Å². The topological polar surface area (TPSA) is 55.3 Å². The minimum Gasteiger partial charge on any atom is -0.481 e. The number of carbonyl (C=O) groups is 1. The summed E-state index contributed by atoms with van der Waals surface area (Å²) in [5.41, 5.74) is 0.754. The Balaban J connectivity index is 2.32. The molecule has 88 valence electrons. The summed E-state index contributed by atoms with van der Waals surface area (Å²) in [6.45, 7) is 2.30. The van der Waals surface area contributed by atoms with Gasteiger partial charge in [0.1, 0.15) is 0 Å². The molecule has 1 aromatic heterocycles. The fraction of sp³-hybridized carbons (Fsp3) is 0.417. The van der Waals surface area contributed by atoms with Crippen molar-refractivity contribution in [2.45, 2.75) is 13.3 Å². The van der Waals surface area contributed by atoms with Crippen LogP contribution in [0.1, 0.15) is 12.1 Å². The number of nitrogens with zero attached hydrogens (tertiary/aromatic N) is 3. The second-order valence-electron chi connectivity index (χ2n) is 3.92. The fourth-order valence-corrected chi connectivity index (χ4v) is 1.76. The van der Waals surface area contributed by atoms with Gasteiger partial charge >= 0.3 is 0 Å². The summed E-state index contributed by atoms with van der Waals surface area (Å²) >= 11 is 0. The molecule has 17 heavy (non-hydrogen) atoms. The van der Waals surface area contributed by atoms with Gasteiger partial charge in [-0.3, -0.25) is 9.69 Å². The van der Waals surface area contributed by atoms with Crippen LogP contribution in [0.15, 0.2) is 6.07 Å². The maximum atomic E-state index is 11.8. The zero-order valence-electron chi connectivity index (χ0n) is 9.80. The zero-order chi connectivity index (χ0) is 12.4. The van der Waals surface area contributed by atoms with Gasteiger partial charge in [0.2, 0.25) is 17.7 Å². The minimum absolute atomic E-state index is 0.0411. The van der Waals surface area contributed by atoms with Crippen LogP contribution in [0.5, 0.6) is 5.88 Å². The van der Waals surface area contributed by atoms with Gasteiger partial charge in [-0.25, -0.2) is 4.98 Å². The molecule has 5 nitrogen and oxygen atoms in total. The third-order valence-electron chi connectivity index (χ3n) is 2.63. The van der Waals surface area contributed by atoms with E-state index in [9.17, 15) is 4.79 Å². The summed E-state index contributed by atoms with van der Waals surface area (Å²) < 4.78 is 5.05. The smallest absolute Gasteiger partial charge is 0.235 e. The first kappa shape index (κ1) is 11.4. The number of ether oxygens (including phenoxy) is 1. The van der Waals surface area contributed by atoms with Gasteiger partial charge in [-0.1, -0.05) is 0 Å². The molecule has 1 aromatic rings. The van der Waals surface area contributed by atoms with Crippen molar-refractivity contribution in [1.82, 2.24) is 9.97 Å². The van der Waals surface area contributed by atoms with Crippen LogP contribution in [0.25, 0.3) is 0 Å². The minimum atomic E-state index is -0.0578. The van der Waals surface area contributed by atoms with Gasteiger partial charge in [-0.05, 0) is 6.92 Å². The van der Waals surface area contributed by atoms with Gasteiger partial charge in [0.15, 0.2) is 0 Å². The van der Waals surface area contributed by atoms with Crippen molar-refractivity contribution in [3.05, 3.63) is 11.8 Å². The molecule has 1 fully saturated rings. The predicted molar refractivity (Wildman–Crippen MR) is 62.6 cm³/mol. The number of aryl methyl sites for hydroxylation is 1. The van der Waals surface area contributed by atoms with E-state index in [0.29, 0.717) is 24.8 Å². The van der Waals surface area contributed by atoms with Crippen LogP contribution < -0.4 is 9.64 Å². The Morgan fingerprint density at radius 3 is 2.94 bits per heavy atom. The third kappa shape index (κ3) is 2.21. The van der Waals surface area contributed by atoms with Gasteiger partial charge < -0.3 is 4.74 Å². The molecule has 0 saturated carbocycles. The molecule has 2 heterocycles. The summed E-state index contributed by atoms with van der Waals surface area (Å²) in [7, 11) is 1.53. The molecule has 0 bridgehead atoms. The summed E-state index contributed by atoms with van der Waals surface area (Å²) in [4.78, 5) is 21.7. The number of hydrogen-bond donors (Lipinski definition) is 0. The number of rotatable bonds is 2. The summed E-state index contributed by atoms with van der Waals surface area (Å²) in [6, 6.07) is 1.71. The number of hydrogen-bond acceptors (Lipinski definition) is 4. The van der Waals surface area contributed by atoms with E-state index in [1.54, 1.807) is 6.07 Å². The van der Waals surface area contributed by atoms with Gasteiger partial charge in [0.25, 0.3) is 0 Å². The largest absolute Gasteiger partial charge is 0.481 e. The standard InChI is InChI=1S/C12H13N3O2/c1-4-9-6-11(16)15(7-9)12-13-8(2)5-10(14-12)17-3/h1,5,9H,6-7H2,2-3H3. The molecule has 2 rings (SSSR count). The Morgan fingerprint density at radius 2 is 2.35 bits per heavy atom. The lowest BCUT2D eigenvalue weighted by Crippen LogP contribution is -2.26. The quantitative estimate of drug-likeness (QED) is 0.706. The van der Waals surface area contributed by atoms with Crippen molar-refractivity contribution in [3.8, 4) is 18.2 Å². The van der Waals surface area contributed by atoms with E-state index >= 15 is 0 Å². The fourth-order valence-electron chi connectivity index (χ4n) is 1.76. The van der Waals surface area contributed by atoms with Gasteiger partial charge in [0, 0.05) is 30.6 Å². The predicted octanol–water partition coefficient (Wildman–Crippen LogP) is 0.780. The second-order valence-corrected chi connectivity index (χ2v) is 3.92. The van der Waals surface area contributed by atoms with Crippen LogP contribution in [0.3, 0.4) is 0 Å². The molecule has 1 atom stereocenters. The number of carbonyl (C=O) groups excluding carboxylic acids is 1. The molecule has 0 aliphatic carbocycles. The molecule has 1 unspecified atom stereocenters. The van der Waals surface area contributed by atoms with Crippen molar-refractivity contribution in [2.75, 3.05) is 18.6 Å².